The van der Waals surface area contributed by atoms with Gasteiger partial charge in [0.1, 0.15) is 5.57 Å². The SMILES string of the molecule is CCOC(=O)[C@@]12O[C@@](N(C)Cc3ccccc3)(C(C(=O)OC)=C1C(=O)OC)C1(CC1)C2=O. The molecule has 0 amide bonds. The minimum atomic E-state index is -2.38. The van der Waals surface area contributed by atoms with Crippen LogP contribution in [0.1, 0.15) is 25.3 Å². The first-order valence-electron chi connectivity index (χ1n) is 10.4. The third kappa shape index (κ3) is 2.58. The fourth-order valence-electron chi connectivity index (χ4n) is 5.11. The predicted octanol–water partition coefficient (Wildman–Crippen LogP) is 1.15. The van der Waals surface area contributed by atoms with E-state index in [4.69, 9.17) is 18.9 Å². The normalized spacial score (nSPS) is 27.1. The van der Waals surface area contributed by atoms with Crippen molar-refractivity contribution in [1.29, 1.82) is 0 Å². The van der Waals surface area contributed by atoms with Crippen LogP contribution in [0.25, 0.3) is 0 Å². The lowest BCUT2D eigenvalue weighted by Crippen LogP contribution is -2.57. The average Bonchev–Trinajstić information content (AvgIpc) is 3.49. The molecule has 4 rings (SSSR count). The highest BCUT2D eigenvalue weighted by Crippen LogP contribution is 2.72. The van der Waals surface area contributed by atoms with E-state index >= 15 is 0 Å². The molecule has 2 fully saturated rings. The number of benzene rings is 1. The van der Waals surface area contributed by atoms with Gasteiger partial charge in [-0.05, 0) is 32.4 Å². The van der Waals surface area contributed by atoms with Crippen LogP contribution < -0.4 is 0 Å². The fourth-order valence-corrected chi connectivity index (χ4v) is 5.11. The van der Waals surface area contributed by atoms with Crippen molar-refractivity contribution in [3.8, 4) is 0 Å². The molecular weight excluding hydrogens is 418 g/mol. The second kappa shape index (κ2) is 7.53. The maximum Gasteiger partial charge on any atom is 0.351 e. The first kappa shape index (κ1) is 22.2. The number of hydrogen-bond donors (Lipinski definition) is 0. The molecule has 2 heterocycles. The Kier molecular flexibility index (Phi) is 5.21. The number of Topliss-reactive ketones (excluding diaryl/α,β-unsaturated/α-hetero) is 1. The first-order chi connectivity index (χ1) is 15.3. The Morgan fingerprint density at radius 2 is 1.62 bits per heavy atom. The summed E-state index contributed by atoms with van der Waals surface area (Å²) in [6.07, 6.45) is 0.780. The summed E-state index contributed by atoms with van der Waals surface area (Å²) >= 11 is 0. The number of likely N-dealkylation sites (N-methyl/N-ethyl adjacent to an activating group) is 1. The molecule has 2 aliphatic heterocycles. The maximum absolute atomic E-state index is 13.8. The summed E-state index contributed by atoms with van der Waals surface area (Å²) in [5, 5.41) is 0. The lowest BCUT2D eigenvalue weighted by atomic mass is 9.69. The number of ketones is 1. The Morgan fingerprint density at radius 1 is 1.03 bits per heavy atom. The number of ether oxygens (including phenoxy) is 4. The van der Waals surface area contributed by atoms with Crippen molar-refractivity contribution in [2.75, 3.05) is 27.9 Å². The molecule has 0 aromatic heterocycles. The lowest BCUT2D eigenvalue weighted by Gasteiger charge is -2.41. The van der Waals surface area contributed by atoms with Gasteiger partial charge < -0.3 is 18.9 Å². The molecule has 9 nitrogen and oxygen atoms in total. The molecule has 9 heteroatoms. The van der Waals surface area contributed by atoms with Gasteiger partial charge >= 0.3 is 17.9 Å². The highest BCUT2D eigenvalue weighted by atomic mass is 16.6. The number of methoxy groups -OCH3 is 2. The van der Waals surface area contributed by atoms with E-state index in [-0.39, 0.29) is 18.7 Å². The van der Waals surface area contributed by atoms with Gasteiger partial charge in [-0.15, -0.1) is 0 Å². The van der Waals surface area contributed by atoms with Crippen molar-refractivity contribution in [1.82, 2.24) is 4.90 Å². The zero-order chi connectivity index (χ0) is 23.3. The third-order valence-electron chi connectivity index (χ3n) is 6.54. The molecule has 1 aromatic rings. The van der Waals surface area contributed by atoms with Crippen molar-refractivity contribution >= 4 is 23.7 Å². The monoisotopic (exact) mass is 443 g/mol. The van der Waals surface area contributed by atoms with Gasteiger partial charge in [0.2, 0.25) is 0 Å². The maximum atomic E-state index is 13.8. The average molecular weight is 443 g/mol. The van der Waals surface area contributed by atoms with Gasteiger partial charge in [0.15, 0.2) is 11.5 Å². The van der Waals surface area contributed by atoms with Crippen molar-refractivity contribution in [2.45, 2.75) is 37.6 Å². The standard InChI is InChI=1S/C23H25NO8/c1-5-31-20(28)22-15(17(25)29-3)16(18(26)30-4)23(32-22,21(11-12-21)19(22)27)24(2)13-14-9-7-6-8-10-14/h6-10H,5,11-13H2,1-4H3/t22-,23+/m1/s1. The van der Waals surface area contributed by atoms with E-state index in [1.807, 2.05) is 30.3 Å². The molecule has 3 aliphatic rings. The summed E-state index contributed by atoms with van der Waals surface area (Å²) in [5.74, 6) is -3.51. The minimum absolute atomic E-state index is 0.0426. The molecule has 0 unspecified atom stereocenters. The number of carbonyl (C=O) groups excluding carboxylic acids is 4. The number of nitrogens with zero attached hydrogens (tertiary/aromatic N) is 1. The van der Waals surface area contributed by atoms with E-state index in [2.05, 4.69) is 0 Å². The van der Waals surface area contributed by atoms with Crippen LogP contribution in [0.5, 0.6) is 0 Å². The Morgan fingerprint density at radius 3 is 2.16 bits per heavy atom. The molecule has 1 saturated carbocycles. The molecule has 170 valence electrons. The van der Waals surface area contributed by atoms with Crippen molar-refractivity contribution in [3.05, 3.63) is 47.0 Å². The van der Waals surface area contributed by atoms with Crippen LogP contribution in [0.2, 0.25) is 0 Å². The van der Waals surface area contributed by atoms with E-state index in [1.54, 1.807) is 18.9 Å². The fraction of sp³-hybridized carbons (Fsp3) is 0.478. The summed E-state index contributed by atoms with van der Waals surface area (Å²) in [5.41, 5.74) is -4.99. The van der Waals surface area contributed by atoms with Crippen molar-refractivity contribution in [2.24, 2.45) is 5.41 Å². The van der Waals surface area contributed by atoms with Crippen LogP contribution in [0, 0.1) is 5.41 Å². The Labute approximate surface area is 185 Å². The summed E-state index contributed by atoms with van der Waals surface area (Å²) in [7, 11) is 3.96. The van der Waals surface area contributed by atoms with Crippen LogP contribution in [0.4, 0.5) is 0 Å². The molecular formula is C23H25NO8. The highest BCUT2D eigenvalue weighted by Gasteiger charge is 2.88. The van der Waals surface area contributed by atoms with Crippen LogP contribution >= 0.6 is 0 Å². The number of rotatable bonds is 7. The number of esters is 3. The van der Waals surface area contributed by atoms with Gasteiger partial charge in [-0.2, -0.15) is 0 Å². The first-order valence-corrected chi connectivity index (χ1v) is 10.4. The highest BCUT2D eigenvalue weighted by molar-refractivity contribution is 6.26. The van der Waals surface area contributed by atoms with Gasteiger partial charge in [0.25, 0.3) is 5.60 Å². The predicted molar refractivity (Wildman–Crippen MR) is 109 cm³/mol. The molecule has 2 bridgehead atoms. The number of carbonyl (C=O) groups is 4. The van der Waals surface area contributed by atoms with Crippen LogP contribution in [-0.2, 0) is 44.7 Å². The van der Waals surface area contributed by atoms with E-state index in [9.17, 15) is 19.2 Å². The van der Waals surface area contributed by atoms with Gasteiger partial charge in [-0.3, -0.25) is 9.69 Å². The van der Waals surface area contributed by atoms with Crippen LogP contribution in [0.15, 0.2) is 41.5 Å². The van der Waals surface area contributed by atoms with Crippen LogP contribution in [-0.4, -0.2) is 67.8 Å². The second-order valence-electron chi connectivity index (χ2n) is 8.13. The molecule has 32 heavy (non-hydrogen) atoms. The van der Waals surface area contributed by atoms with E-state index in [0.717, 1.165) is 12.7 Å². The molecule has 1 saturated heterocycles. The quantitative estimate of drug-likeness (QED) is 0.348. The molecule has 0 radical (unpaired) electrons. The summed E-state index contributed by atoms with van der Waals surface area (Å²) in [4.78, 5) is 54.6. The Hall–Kier alpha value is -3.04. The molecule has 2 atom stereocenters. The van der Waals surface area contributed by atoms with Crippen molar-refractivity contribution in [3.63, 3.8) is 0 Å². The Bertz CT molecular complexity index is 1030. The minimum Gasteiger partial charge on any atom is -0.466 e. The molecule has 1 aromatic carbocycles. The molecule has 1 spiro atoms. The summed E-state index contributed by atoms with van der Waals surface area (Å²) in [6.45, 7) is 1.82. The topological polar surface area (TPSA) is 108 Å². The summed E-state index contributed by atoms with van der Waals surface area (Å²) in [6, 6.07) is 9.38. The smallest absolute Gasteiger partial charge is 0.351 e. The van der Waals surface area contributed by atoms with Gasteiger partial charge in [0, 0.05) is 6.54 Å². The van der Waals surface area contributed by atoms with E-state index in [1.165, 1.54) is 7.11 Å². The summed E-state index contributed by atoms with van der Waals surface area (Å²) < 4.78 is 21.3. The van der Waals surface area contributed by atoms with E-state index < -0.39 is 46.0 Å². The third-order valence-corrected chi connectivity index (χ3v) is 6.54. The largest absolute Gasteiger partial charge is 0.466 e. The van der Waals surface area contributed by atoms with E-state index in [0.29, 0.717) is 12.8 Å². The lowest BCUT2D eigenvalue weighted by molar-refractivity contribution is -0.186. The zero-order valence-electron chi connectivity index (χ0n) is 18.4. The zero-order valence-corrected chi connectivity index (χ0v) is 18.4. The second-order valence-corrected chi connectivity index (χ2v) is 8.13. The van der Waals surface area contributed by atoms with Gasteiger partial charge in [-0.25, -0.2) is 14.4 Å². The molecule has 0 N–H and O–H groups in total. The molecule has 1 aliphatic carbocycles. The number of hydrogen-bond acceptors (Lipinski definition) is 9. The van der Waals surface area contributed by atoms with Crippen LogP contribution in [0.3, 0.4) is 0 Å². The Balaban J connectivity index is 1.98. The van der Waals surface area contributed by atoms with Gasteiger partial charge in [0.05, 0.1) is 31.8 Å². The van der Waals surface area contributed by atoms with Crippen molar-refractivity contribution < 1.29 is 38.1 Å². The number of fused-ring (bicyclic) bond motifs is 3. The van der Waals surface area contributed by atoms with Gasteiger partial charge in [-0.1, -0.05) is 30.3 Å².